The summed E-state index contributed by atoms with van der Waals surface area (Å²) in [6.07, 6.45) is 0. The number of fused-ring (bicyclic) bond motifs is 2. The first-order chi connectivity index (χ1) is 12.9. The summed E-state index contributed by atoms with van der Waals surface area (Å²) in [5.74, 6) is 0.144. The number of sulfonamides is 1. The summed E-state index contributed by atoms with van der Waals surface area (Å²) >= 11 is 0. The Hall–Kier alpha value is -2.90. The molecule has 0 aliphatic carbocycles. The molecule has 1 amide bonds. The van der Waals surface area contributed by atoms with E-state index in [1.807, 2.05) is 42.5 Å². The summed E-state index contributed by atoms with van der Waals surface area (Å²) in [5.41, 5.74) is 1.22. The molecular formula is C20H18N2O4S. The monoisotopic (exact) mass is 382 g/mol. The highest BCUT2D eigenvalue weighted by atomic mass is 32.2. The van der Waals surface area contributed by atoms with Crippen molar-refractivity contribution in [3.05, 3.63) is 66.2 Å². The van der Waals surface area contributed by atoms with Crippen LogP contribution in [-0.4, -0.2) is 20.9 Å². The van der Waals surface area contributed by atoms with Crippen molar-refractivity contribution in [2.75, 3.05) is 11.9 Å². The van der Waals surface area contributed by atoms with E-state index in [2.05, 4.69) is 10.0 Å². The number of nitrogens with one attached hydrogen (secondary N) is 2. The largest absolute Gasteiger partial charge is 0.482 e. The van der Waals surface area contributed by atoms with Crippen LogP contribution in [0.15, 0.2) is 65.6 Å². The molecule has 6 nitrogen and oxygen atoms in total. The van der Waals surface area contributed by atoms with Gasteiger partial charge >= 0.3 is 0 Å². The van der Waals surface area contributed by atoms with Gasteiger partial charge in [0.05, 0.1) is 10.6 Å². The minimum Gasteiger partial charge on any atom is -0.482 e. The number of ether oxygens (including phenoxy) is 1. The number of hydrogen-bond acceptors (Lipinski definition) is 4. The number of carbonyl (C=O) groups excluding carboxylic acids is 1. The fourth-order valence-corrected chi connectivity index (χ4v) is 4.33. The van der Waals surface area contributed by atoms with Gasteiger partial charge in [-0.05, 0) is 47.5 Å². The molecule has 1 aliphatic heterocycles. The van der Waals surface area contributed by atoms with Gasteiger partial charge in [-0.25, -0.2) is 13.1 Å². The van der Waals surface area contributed by atoms with Gasteiger partial charge in [0.2, 0.25) is 10.0 Å². The highest BCUT2D eigenvalue weighted by Crippen LogP contribution is 2.30. The molecule has 27 heavy (non-hydrogen) atoms. The molecule has 3 aromatic carbocycles. The number of rotatable bonds is 4. The Balaban J connectivity index is 1.60. The lowest BCUT2D eigenvalue weighted by Gasteiger charge is -2.20. The lowest BCUT2D eigenvalue weighted by Crippen LogP contribution is -2.28. The van der Waals surface area contributed by atoms with Gasteiger partial charge in [-0.3, -0.25) is 4.79 Å². The molecule has 0 saturated heterocycles. The Labute approximate surface area is 157 Å². The lowest BCUT2D eigenvalue weighted by molar-refractivity contribution is -0.118. The van der Waals surface area contributed by atoms with Gasteiger partial charge in [0.15, 0.2) is 6.61 Å². The Bertz CT molecular complexity index is 1140. The van der Waals surface area contributed by atoms with Crippen LogP contribution in [0.5, 0.6) is 5.75 Å². The Morgan fingerprint density at radius 3 is 2.63 bits per heavy atom. The third-order valence-electron chi connectivity index (χ3n) is 4.50. The predicted octanol–water partition coefficient (Wildman–Crippen LogP) is 3.21. The molecule has 3 aromatic rings. The van der Waals surface area contributed by atoms with Gasteiger partial charge in [0.25, 0.3) is 5.91 Å². The van der Waals surface area contributed by atoms with Gasteiger partial charge < -0.3 is 10.1 Å². The van der Waals surface area contributed by atoms with Crippen LogP contribution in [0.4, 0.5) is 5.69 Å². The smallest absolute Gasteiger partial charge is 0.262 e. The number of hydrogen-bond donors (Lipinski definition) is 2. The second kappa shape index (κ2) is 6.68. The van der Waals surface area contributed by atoms with Crippen molar-refractivity contribution < 1.29 is 17.9 Å². The molecule has 4 rings (SSSR count). The molecule has 0 fully saturated rings. The van der Waals surface area contributed by atoms with Crippen LogP contribution >= 0.6 is 0 Å². The standard InChI is InChI=1S/C20H18N2O4S/c1-13(15-7-6-14-4-2-3-5-16(14)10-15)22-27(24,25)17-8-9-19-18(11-17)21-20(23)12-26-19/h2-11,13,22H,12H2,1H3,(H,21,23). The van der Waals surface area contributed by atoms with Crippen molar-refractivity contribution in [3.63, 3.8) is 0 Å². The van der Waals surface area contributed by atoms with E-state index >= 15 is 0 Å². The minimum absolute atomic E-state index is 0.0692. The Kier molecular flexibility index (Phi) is 4.33. The second-order valence-electron chi connectivity index (χ2n) is 6.44. The van der Waals surface area contributed by atoms with Crippen LogP contribution in [0.3, 0.4) is 0 Å². The average Bonchev–Trinajstić information content (AvgIpc) is 2.66. The van der Waals surface area contributed by atoms with Crippen molar-refractivity contribution in [3.8, 4) is 5.75 Å². The number of carbonyl (C=O) groups is 1. The van der Waals surface area contributed by atoms with E-state index < -0.39 is 16.1 Å². The van der Waals surface area contributed by atoms with Gasteiger partial charge in [0.1, 0.15) is 5.75 Å². The summed E-state index contributed by atoms with van der Waals surface area (Å²) in [4.78, 5) is 11.5. The number of benzene rings is 3. The van der Waals surface area contributed by atoms with Gasteiger partial charge in [-0.15, -0.1) is 0 Å². The fraction of sp³-hybridized carbons (Fsp3) is 0.150. The molecule has 1 aliphatic rings. The first kappa shape index (κ1) is 17.5. The lowest BCUT2D eigenvalue weighted by atomic mass is 10.0. The van der Waals surface area contributed by atoms with Crippen molar-refractivity contribution >= 4 is 32.4 Å². The highest BCUT2D eigenvalue weighted by Gasteiger charge is 2.22. The zero-order valence-electron chi connectivity index (χ0n) is 14.6. The summed E-state index contributed by atoms with van der Waals surface area (Å²) in [5, 5.41) is 4.77. The minimum atomic E-state index is -3.77. The van der Waals surface area contributed by atoms with Crippen LogP contribution < -0.4 is 14.8 Å². The molecule has 1 heterocycles. The topological polar surface area (TPSA) is 84.5 Å². The molecule has 0 radical (unpaired) electrons. The third kappa shape index (κ3) is 3.51. The average molecular weight is 382 g/mol. The summed E-state index contributed by atoms with van der Waals surface area (Å²) < 4.78 is 33.5. The van der Waals surface area contributed by atoms with Crippen molar-refractivity contribution in [2.45, 2.75) is 17.9 Å². The van der Waals surface area contributed by atoms with Crippen LogP contribution in [0.25, 0.3) is 10.8 Å². The van der Waals surface area contributed by atoms with Gasteiger partial charge in [-0.1, -0.05) is 36.4 Å². The Morgan fingerprint density at radius 2 is 1.81 bits per heavy atom. The van der Waals surface area contributed by atoms with E-state index in [1.165, 1.54) is 12.1 Å². The van der Waals surface area contributed by atoms with Crippen LogP contribution in [-0.2, 0) is 14.8 Å². The van der Waals surface area contributed by atoms with E-state index in [1.54, 1.807) is 13.0 Å². The zero-order chi connectivity index (χ0) is 19.0. The Morgan fingerprint density at radius 1 is 1.04 bits per heavy atom. The summed E-state index contributed by atoms with van der Waals surface area (Å²) in [6.45, 7) is 1.72. The SMILES string of the molecule is CC(NS(=O)(=O)c1ccc2c(c1)NC(=O)CO2)c1ccc2ccccc2c1. The predicted molar refractivity (Wildman–Crippen MR) is 103 cm³/mol. The normalized spacial score (nSPS) is 14.9. The first-order valence-corrected chi connectivity index (χ1v) is 9.98. The molecular weight excluding hydrogens is 364 g/mol. The molecule has 138 valence electrons. The van der Waals surface area contributed by atoms with E-state index in [4.69, 9.17) is 4.74 Å². The van der Waals surface area contributed by atoms with Crippen molar-refractivity contribution in [2.24, 2.45) is 0 Å². The maximum Gasteiger partial charge on any atom is 0.262 e. The maximum atomic E-state index is 12.8. The quantitative estimate of drug-likeness (QED) is 0.726. The zero-order valence-corrected chi connectivity index (χ0v) is 15.4. The number of anilines is 1. The van der Waals surface area contributed by atoms with E-state index in [-0.39, 0.29) is 17.4 Å². The maximum absolute atomic E-state index is 12.8. The van der Waals surface area contributed by atoms with Crippen LogP contribution in [0.1, 0.15) is 18.5 Å². The molecule has 2 N–H and O–H groups in total. The number of amides is 1. The van der Waals surface area contributed by atoms with E-state index in [0.717, 1.165) is 16.3 Å². The molecule has 0 saturated carbocycles. The van der Waals surface area contributed by atoms with E-state index in [0.29, 0.717) is 11.4 Å². The van der Waals surface area contributed by atoms with E-state index in [9.17, 15) is 13.2 Å². The first-order valence-electron chi connectivity index (χ1n) is 8.50. The van der Waals surface area contributed by atoms with Crippen molar-refractivity contribution in [1.29, 1.82) is 0 Å². The summed E-state index contributed by atoms with van der Waals surface area (Å²) in [6, 6.07) is 17.8. The molecule has 0 bridgehead atoms. The molecule has 0 spiro atoms. The molecule has 1 unspecified atom stereocenters. The molecule has 0 aromatic heterocycles. The second-order valence-corrected chi connectivity index (χ2v) is 8.16. The highest BCUT2D eigenvalue weighted by molar-refractivity contribution is 7.89. The van der Waals surface area contributed by atoms with Gasteiger partial charge in [-0.2, -0.15) is 0 Å². The van der Waals surface area contributed by atoms with Gasteiger partial charge in [0, 0.05) is 6.04 Å². The van der Waals surface area contributed by atoms with Crippen LogP contribution in [0.2, 0.25) is 0 Å². The summed E-state index contributed by atoms with van der Waals surface area (Å²) in [7, 11) is -3.77. The third-order valence-corrected chi connectivity index (χ3v) is 6.04. The molecule has 7 heteroatoms. The van der Waals surface area contributed by atoms with Crippen LogP contribution in [0, 0.1) is 0 Å². The molecule has 1 atom stereocenters. The van der Waals surface area contributed by atoms with Crippen molar-refractivity contribution in [1.82, 2.24) is 4.72 Å². The fourth-order valence-electron chi connectivity index (χ4n) is 3.08.